The molecule has 1 aromatic carbocycles. The normalized spacial score (nSPS) is 14.1. The van der Waals surface area contributed by atoms with Crippen molar-refractivity contribution in [2.75, 3.05) is 36.4 Å². The summed E-state index contributed by atoms with van der Waals surface area (Å²) in [5, 5.41) is 2.98. The lowest BCUT2D eigenvalue weighted by Gasteiger charge is -2.35. The van der Waals surface area contributed by atoms with Gasteiger partial charge in [0.25, 0.3) is 0 Å². The second-order valence-electron chi connectivity index (χ2n) is 6.94. The molecule has 6 nitrogen and oxygen atoms in total. The van der Waals surface area contributed by atoms with E-state index < -0.39 is 0 Å². The molecule has 3 rings (SSSR count). The summed E-state index contributed by atoms with van der Waals surface area (Å²) in [6, 6.07) is 11.9. The summed E-state index contributed by atoms with van der Waals surface area (Å²) in [5.74, 6) is 0.563. The molecule has 2 amide bonds. The second-order valence-corrected chi connectivity index (χ2v) is 6.94. The van der Waals surface area contributed by atoms with Crippen molar-refractivity contribution in [1.29, 1.82) is 0 Å². The summed E-state index contributed by atoms with van der Waals surface area (Å²) >= 11 is 0. The van der Waals surface area contributed by atoms with E-state index in [0.29, 0.717) is 13.1 Å². The van der Waals surface area contributed by atoms with Crippen LogP contribution in [-0.4, -0.2) is 47.9 Å². The van der Waals surface area contributed by atoms with Gasteiger partial charge in [0.05, 0.1) is 0 Å². The summed E-state index contributed by atoms with van der Waals surface area (Å²) in [5.41, 5.74) is 3.07. The molecule has 0 saturated carbocycles. The number of pyridine rings is 1. The smallest absolute Gasteiger partial charge is 0.233 e. The first-order chi connectivity index (χ1) is 13.6. The van der Waals surface area contributed by atoms with Crippen LogP contribution in [-0.2, 0) is 22.4 Å². The van der Waals surface area contributed by atoms with Crippen LogP contribution in [0.3, 0.4) is 0 Å². The number of rotatable bonds is 6. The van der Waals surface area contributed by atoms with E-state index in [4.69, 9.17) is 0 Å². The summed E-state index contributed by atoms with van der Waals surface area (Å²) in [7, 11) is 0. The number of nitrogens with one attached hydrogen (secondary N) is 1. The molecule has 6 heteroatoms. The molecule has 1 saturated heterocycles. The van der Waals surface area contributed by atoms with Crippen molar-refractivity contribution in [3.8, 4) is 0 Å². The van der Waals surface area contributed by atoms with E-state index in [1.165, 1.54) is 0 Å². The maximum Gasteiger partial charge on any atom is 0.233 e. The topological polar surface area (TPSA) is 65.5 Å². The fourth-order valence-corrected chi connectivity index (χ4v) is 3.56. The van der Waals surface area contributed by atoms with Crippen molar-refractivity contribution in [3.63, 3.8) is 0 Å². The monoisotopic (exact) mass is 380 g/mol. The molecule has 0 radical (unpaired) electrons. The van der Waals surface area contributed by atoms with Crippen LogP contribution in [0.1, 0.15) is 31.4 Å². The first-order valence-corrected chi connectivity index (χ1v) is 9.96. The highest BCUT2D eigenvalue weighted by molar-refractivity contribution is 6.04. The first-order valence-electron chi connectivity index (χ1n) is 9.96. The van der Waals surface area contributed by atoms with Crippen LogP contribution in [0.2, 0.25) is 0 Å². The highest BCUT2D eigenvalue weighted by atomic mass is 16.2. The number of piperazine rings is 1. The largest absolute Gasteiger partial charge is 0.353 e. The van der Waals surface area contributed by atoms with Gasteiger partial charge < -0.3 is 15.1 Å². The predicted octanol–water partition coefficient (Wildman–Crippen LogP) is 2.88. The summed E-state index contributed by atoms with van der Waals surface area (Å²) in [6.45, 7) is 6.79. The number of nitrogens with zero attached hydrogens (tertiary/aromatic N) is 3. The molecule has 1 aliphatic rings. The molecule has 1 N–H and O–H groups in total. The minimum absolute atomic E-state index is 0.120. The molecular weight excluding hydrogens is 352 g/mol. The summed E-state index contributed by atoms with van der Waals surface area (Å²) < 4.78 is 0. The van der Waals surface area contributed by atoms with Crippen LogP contribution in [0.4, 0.5) is 11.5 Å². The molecule has 0 atom stereocenters. The minimum Gasteiger partial charge on any atom is -0.353 e. The third-order valence-corrected chi connectivity index (χ3v) is 5.18. The van der Waals surface area contributed by atoms with Gasteiger partial charge >= 0.3 is 0 Å². The lowest BCUT2D eigenvalue weighted by atomic mass is 10.0. The number of carbonyl (C=O) groups is 2. The molecule has 2 heterocycles. The SMILES string of the molecule is CCc1cccc(CC)c1NC(=O)CC(=O)N1CCN(c2ccccn2)CC1. The number of aromatic nitrogens is 1. The van der Waals surface area contributed by atoms with E-state index in [9.17, 15) is 9.59 Å². The molecule has 148 valence electrons. The number of hydrogen-bond donors (Lipinski definition) is 1. The number of carbonyl (C=O) groups excluding carboxylic acids is 2. The van der Waals surface area contributed by atoms with Gasteiger partial charge in [0.2, 0.25) is 11.8 Å². The van der Waals surface area contributed by atoms with Gasteiger partial charge in [-0.1, -0.05) is 38.1 Å². The maximum absolute atomic E-state index is 12.6. The van der Waals surface area contributed by atoms with Crippen molar-refractivity contribution >= 4 is 23.3 Å². The lowest BCUT2D eigenvalue weighted by Crippen LogP contribution is -2.49. The maximum atomic E-state index is 12.6. The molecule has 0 spiro atoms. The van der Waals surface area contributed by atoms with Crippen molar-refractivity contribution in [1.82, 2.24) is 9.88 Å². The lowest BCUT2D eigenvalue weighted by molar-refractivity contribution is -0.134. The molecule has 0 aliphatic carbocycles. The van der Waals surface area contributed by atoms with Gasteiger partial charge in [-0.3, -0.25) is 9.59 Å². The van der Waals surface area contributed by atoms with Gasteiger partial charge in [-0.2, -0.15) is 0 Å². The second kappa shape index (κ2) is 9.35. The number of anilines is 2. The predicted molar refractivity (Wildman–Crippen MR) is 111 cm³/mol. The third-order valence-electron chi connectivity index (χ3n) is 5.18. The van der Waals surface area contributed by atoms with Crippen molar-refractivity contribution in [2.24, 2.45) is 0 Å². The average Bonchev–Trinajstić information content (AvgIpc) is 2.74. The quantitative estimate of drug-likeness (QED) is 0.783. The Labute approximate surface area is 166 Å². The molecule has 28 heavy (non-hydrogen) atoms. The van der Waals surface area contributed by atoms with E-state index >= 15 is 0 Å². The van der Waals surface area contributed by atoms with Crippen LogP contribution < -0.4 is 10.2 Å². The van der Waals surface area contributed by atoms with Crippen LogP contribution in [0.25, 0.3) is 0 Å². The molecule has 1 aromatic heterocycles. The van der Waals surface area contributed by atoms with Gasteiger partial charge in [-0.25, -0.2) is 4.98 Å². The molecule has 0 unspecified atom stereocenters. The Kier molecular flexibility index (Phi) is 6.63. The van der Waals surface area contributed by atoms with E-state index in [1.807, 2.05) is 36.4 Å². The van der Waals surface area contributed by atoms with E-state index in [1.54, 1.807) is 11.1 Å². The van der Waals surface area contributed by atoms with Crippen molar-refractivity contribution in [3.05, 3.63) is 53.7 Å². The Bertz CT molecular complexity index is 792. The highest BCUT2D eigenvalue weighted by Gasteiger charge is 2.23. The zero-order chi connectivity index (χ0) is 19.9. The average molecular weight is 380 g/mol. The fraction of sp³-hybridized carbons (Fsp3) is 0.409. The molecule has 0 bridgehead atoms. The van der Waals surface area contributed by atoms with Crippen LogP contribution in [0.5, 0.6) is 0 Å². The Hall–Kier alpha value is -2.89. The number of para-hydroxylation sites is 1. The summed E-state index contributed by atoms with van der Waals surface area (Å²) in [6.07, 6.45) is 3.33. The van der Waals surface area contributed by atoms with E-state index in [2.05, 4.69) is 29.0 Å². The zero-order valence-electron chi connectivity index (χ0n) is 16.6. The Balaban J connectivity index is 1.55. The number of amides is 2. The standard InChI is InChI=1S/C22H28N4O2/c1-3-17-8-7-9-18(4-2)22(17)24-20(27)16-21(28)26-14-12-25(13-15-26)19-10-5-6-11-23-19/h5-11H,3-4,12-16H2,1-2H3,(H,24,27). The van der Waals surface area contributed by atoms with Crippen LogP contribution in [0, 0.1) is 0 Å². The Morgan fingerprint density at radius 2 is 1.64 bits per heavy atom. The Morgan fingerprint density at radius 1 is 0.964 bits per heavy atom. The van der Waals surface area contributed by atoms with Crippen LogP contribution >= 0.6 is 0 Å². The van der Waals surface area contributed by atoms with Crippen molar-refractivity contribution in [2.45, 2.75) is 33.1 Å². The third kappa shape index (κ3) is 4.68. The molecule has 1 fully saturated rings. The first kappa shape index (κ1) is 19.9. The molecule has 2 aromatic rings. The molecular formula is C22H28N4O2. The molecule has 1 aliphatic heterocycles. The van der Waals surface area contributed by atoms with Crippen LogP contribution in [0.15, 0.2) is 42.6 Å². The highest BCUT2D eigenvalue weighted by Crippen LogP contribution is 2.23. The van der Waals surface area contributed by atoms with Gasteiger partial charge in [0, 0.05) is 38.1 Å². The zero-order valence-corrected chi connectivity index (χ0v) is 16.6. The van der Waals surface area contributed by atoms with Crippen molar-refractivity contribution < 1.29 is 9.59 Å². The number of benzene rings is 1. The minimum atomic E-state index is -0.243. The number of aryl methyl sites for hydroxylation is 2. The van der Waals surface area contributed by atoms with E-state index in [-0.39, 0.29) is 18.2 Å². The van der Waals surface area contributed by atoms with Gasteiger partial charge in [-0.05, 0) is 36.1 Å². The number of hydrogen-bond acceptors (Lipinski definition) is 4. The van der Waals surface area contributed by atoms with E-state index in [0.717, 1.165) is 48.6 Å². The fourth-order valence-electron chi connectivity index (χ4n) is 3.56. The van der Waals surface area contributed by atoms with Gasteiger partial charge in [0.15, 0.2) is 0 Å². The van der Waals surface area contributed by atoms with Gasteiger partial charge in [0.1, 0.15) is 12.2 Å². The summed E-state index contributed by atoms with van der Waals surface area (Å²) in [4.78, 5) is 33.4. The van der Waals surface area contributed by atoms with Gasteiger partial charge in [-0.15, -0.1) is 0 Å². The Morgan fingerprint density at radius 3 is 2.21 bits per heavy atom.